The lowest BCUT2D eigenvalue weighted by Crippen LogP contribution is -2.36. The molecule has 5 rings (SSSR count). The molecule has 27 heavy (non-hydrogen) atoms. The Bertz CT molecular complexity index is 1090. The van der Waals surface area contributed by atoms with E-state index in [1.54, 1.807) is 18.6 Å². The van der Waals surface area contributed by atoms with Crippen molar-refractivity contribution in [1.29, 1.82) is 0 Å². The molecule has 4 heterocycles. The summed E-state index contributed by atoms with van der Waals surface area (Å²) in [4.78, 5) is 19.0. The van der Waals surface area contributed by atoms with Gasteiger partial charge in [0.15, 0.2) is 0 Å². The minimum Gasteiger partial charge on any atom is -0.348 e. The van der Waals surface area contributed by atoms with Crippen molar-refractivity contribution in [2.24, 2.45) is 0 Å². The van der Waals surface area contributed by atoms with Crippen molar-refractivity contribution in [3.8, 4) is 0 Å². The van der Waals surface area contributed by atoms with E-state index in [4.69, 9.17) is 0 Å². The van der Waals surface area contributed by atoms with Crippen LogP contribution >= 0.6 is 0 Å². The number of benzene rings is 1. The van der Waals surface area contributed by atoms with E-state index in [1.165, 1.54) is 6.07 Å². The Morgan fingerprint density at radius 2 is 2.11 bits per heavy atom. The van der Waals surface area contributed by atoms with Crippen LogP contribution in [0.5, 0.6) is 0 Å². The topological polar surface area (TPSA) is 57.7 Å². The molecular formula is C21H18FN5. The van der Waals surface area contributed by atoms with Crippen molar-refractivity contribution >= 4 is 10.9 Å². The molecule has 0 bridgehead atoms. The number of halogens is 1. The molecule has 1 N–H and O–H groups in total. The monoisotopic (exact) mass is 359 g/mol. The molecule has 1 aliphatic rings. The lowest BCUT2D eigenvalue weighted by atomic mass is 9.96. The zero-order chi connectivity index (χ0) is 18.2. The van der Waals surface area contributed by atoms with Crippen molar-refractivity contribution in [2.45, 2.75) is 19.0 Å². The molecule has 6 heteroatoms. The fourth-order valence-electron chi connectivity index (χ4n) is 3.85. The average Bonchev–Trinajstić information content (AvgIpc) is 3.18. The normalized spacial score (nSPS) is 17.1. The van der Waals surface area contributed by atoms with Crippen molar-refractivity contribution in [2.75, 3.05) is 6.54 Å². The minimum atomic E-state index is -0.286. The van der Waals surface area contributed by atoms with Gasteiger partial charge in [-0.15, -0.1) is 0 Å². The van der Waals surface area contributed by atoms with Crippen LogP contribution in [0.2, 0.25) is 0 Å². The Morgan fingerprint density at radius 1 is 1.15 bits per heavy atom. The number of pyridine rings is 2. The predicted molar refractivity (Wildman–Crippen MR) is 100 cm³/mol. The largest absolute Gasteiger partial charge is 0.348 e. The van der Waals surface area contributed by atoms with Gasteiger partial charge >= 0.3 is 0 Å². The van der Waals surface area contributed by atoms with Gasteiger partial charge in [-0.3, -0.25) is 9.88 Å². The molecule has 5 nitrogen and oxygen atoms in total. The molecule has 0 amide bonds. The molecule has 1 aliphatic heterocycles. The fourth-order valence-corrected chi connectivity index (χ4v) is 3.85. The first-order chi connectivity index (χ1) is 13.3. The fraction of sp³-hybridized carbons (Fsp3) is 0.190. The van der Waals surface area contributed by atoms with Gasteiger partial charge in [-0.1, -0.05) is 24.3 Å². The maximum atomic E-state index is 14.1. The first-order valence-corrected chi connectivity index (χ1v) is 9.00. The average molecular weight is 359 g/mol. The van der Waals surface area contributed by atoms with Crippen LogP contribution < -0.4 is 0 Å². The lowest BCUT2D eigenvalue weighted by Gasteiger charge is -2.34. The Balaban J connectivity index is 1.53. The van der Waals surface area contributed by atoms with Crippen LogP contribution in [0.15, 0.2) is 61.2 Å². The smallest absolute Gasteiger partial charge is 0.149 e. The van der Waals surface area contributed by atoms with Gasteiger partial charge in [0, 0.05) is 43.0 Å². The van der Waals surface area contributed by atoms with Gasteiger partial charge in [0.1, 0.15) is 11.3 Å². The zero-order valence-electron chi connectivity index (χ0n) is 14.6. The number of aromatic nitrogens is 4. The highest BCUT2D eigenvalue weighted by molar-refractivity contribution is 5.79. The molecule has 0 saturated heterocycles. The molecule has 0 aliphatic carbocycles. The lowest BCUT2D eigenvalue weighted by molar-refractivity contribution is 0.198. The molecule has 1 aromatic carbocycles. The number of para-hydroxylation sites is 1. The maximum absolute atomic E-state index is 14.1. The molecule has 1 atom stereocenters. The number of aromatic amines is 1. The summed E-state index contributed by atoms with van der Waals surface area (Å²) in [5.74, 6) is -0.286. The number of hydrogen-bond acceptors (Lipinski definition) is 4. The van der Waals surface area contributed by atoms with E-state index in [2.05, 4.69) is 30.9 Å². The summed E-state index contributed by atoms with van der Waals surface area (Å²) >= 11 is 0. The first kappa shape index (κ1) is 16.1. The predicted octanol–water partition coefficient (Wildman–Crippen LogP) is 3.64. The van der Waals surface area contributed by atoms with Gasteiger partial charge < -0.3 is 4.98 Å². The summed E-state index contributed by atoms with van der Waals surface area (Å²) < 4.78 is 14.1. The van der Waals surface area contributed by atoms with Crippen molar-refractivity contribution < 1.29 is 4.39 Å². The van der Waals surface area contributed by atoms with Crippen LogP contribution in [0.25, 0.3) is 10.9 Å². The van der Waals surface area contributed by atoms with E-state index < -0.39 is 0 Å². The van der Waals surface area contributed by atoms with E-state index in [1.807, 2.05) is 30.5 Å². The Kier molecular flexibility index (Phi) is 3.90. The van der Waals surface area contributed by atoms with E-state index in [-0.39, 0.29) is 11.9 Å². The van der Waals surface area contributed by atoms with Gasteiger partial charge in [0.2, 0.25) is 0 Å². The Hall–Kier alpha value is -3.12. The third-order valence-corrected chi connectivity index (χ3v) is 5.12. The van der Waals surface area contributed by atoms with Gasteiger partial charge in [-0.05, 0) is 23.8 Å². The van der Waals surface area contributed by atoms with Gasteiger partial charge in [-0.25, -0.2) is 14.4 Å². The molecule has 1 unspecified atom stereocenters. The first-order valence-electron chi connectivity index (χ1n) is 9.00. The molecule has 4 aromatic rings. The zero-order valence-corrected chi connectivity index (χ0v) is 14.6. The number of fused-ring (bicyclic) bond motifs is 2. The summed E-state index contributed by atoms with van der Waals surface area (Å²) in [5, 5.41) is 0.816. The van der Waals surface area contributed by atoms with E-state index in [9.17, 15) is 4.39 Å². The second-order valence-electron chi connectivity index (χ2n) is 6.79. The molecule has 134 valence electrons. The summed E-state index contributed by atoms with van der Waals surface area (Å²) in [5.41, 5.74) is 4.56. The molecule has 0 radical (unpaired) electrons. The third kappa shape index (κ3) is 2.88. The highest BCUT2D eigenvalue weighted by Gasteiger charge is 2.31. The van der Waals surface area contributed by atoms with Crippen LogP contribution in [0.1, 0.15) is 28.7 Å². The second-order valence-corrected chi connectivity index (χ2v) is 6.79. The number of hydrogen-bond donors (Lipinski definition) is 1. The van der Waals surface area contributed by atoms with E-state index in [0.717, 1.165) is 41.0 Å². The maximum Gasteiger partial charge on any atom is 0.149 e. The number of nitrogens with one attached hydrogen (secondary N) is 1. The number of rotatable bonds is 3. The minimum absolute atomic E-state index is 0.00631. The molecule has 3 aromatic heterocycles. The highest BCUT2D eigenvalue weighted by Crippen LogP contribution is 2.34. The van der Waals surface area contributed by atoms with Crippen molar-refractivity contribution in [1.82, 2.24) is 24.8 Å². The second kappa shape index (κ2) is 6.55. The summed E-state index contributed by atoms with van der Waals surface area (Å²) in [7, 11) is 0. The SMILES string of the molecule is Fc1cccc2ccc(CN3CCc4[nH]cnc4C3c3cccnc3)nc12. The number of nitrogens with zero attached hydrogens (tertiary/aromatic N) is 4. The Morgan fingerprint density at radius 3 is 3.00 bits per heavy atom. The summed E-state index contributed by atoms with van der Waals surface area (Å²) in [6, 6.07) is 13.0. The summed E-state index contributed by atoms with van der Waals surface area (Å²) in [6.45, 7) is 1.49. The van der Waals surface area contributed by atoms with Crippen LogP contribution in [0.4, 0.5) is 4.39 Å². The molecular weight excluding hydrogens is 341 g/mol. The molecule has 0 saturated carbocycles. The number of H-pyrrole nitrogens is 1. The van der Waals surface area contributed by atoms with Gasteiger partial charge in [0.25, 0.3) is 0 Å². The Labute approximate surface area is 155 Å². The van der Waals surface area contributed by atoms with Crippen LogP contribution in [0, 0.1) is 5.82 Å². The van der Waals surface area contributed by atoms with Gasteiger partial charge in [-0.2, -0.15) is 0 Å². The third-order valence-electron chi connectivity index (χ3n) is 5.12. The van der Waals surface area contributed by atoms with E-state index >= 15 is 0 Å². The van der Waals surface area contributed by atoms with E-state index in [0.29, 0.717) is 12.1 Å². The van der Waals surface area contributed by atoms with Crippen LogP contribution in [0.3, 0.4) is 0 Å². The van der Waals surface area contributed by atoms with Crippen LogP contribution in [-0.4, -0.2) is 31.4 Å². The summed E-state index contributed by atoms with van der Waals surface area (Å²) in [6.07, 6.45) is 6.31. The van der Waals surface area contributed by atoms with Crippen LogP contribution in [-0.2, 0) is 13.0 Å². The van der Waals surface area contributed by atoms with Crippen molar-refractivity contribution in [3.05, 3.63) is 89.6 Å². The molecule has 0 spiro atoms. The quantitative estimate of drug-likeness (QED) is 0.607. The van der Waals surface area contributed by atoms with Gasteiger partial charge in [0.05, 0.1) is 23.8 Å². The van der Waals surface area contributed by atoms with Crippen molar-refractivity contribution in [3.63, 3.8) is 0 Å². The highest BCUT2D eigenvalue weighted by atomic mass is 19.1. The molecule has 0 fully saturated rings. The number of imidazole rings is 1. The standard InChI is InChI=1S/C21H18FN5/c22-17-5-1-3-14-6-7-16(26-19(14)17)12-27-10-8-18-20(25-13-24-18)21(27)15-4-2-9-23-11-15/h1-7,9,11,13,21H,8,10,12H2,(H,24,25).